The highest BCUT2D eigenvalue weighted by Gasteiger charge is 2.33. The fourth-order valence-electron chi connectivity index (χ4n) is 3.99. The zero-order valence-corrected chi connectivity index (χ0v) is 18.4. The van der Waals surface area contributed by atoms with Crippen LogP contribution in [0.3, 0.4) is 0 Å². The van der Waals surface area contributed by atoms with Crippen LogP contribution in [0, 0.1) is 0 Å². The van der Waals surface area contributed by atoms with Gasteiger partial charge in [0.25, 0.3) is 0 Å². The number of fused-ring (bicyclic) bond motifs is 2. The lowest BCUT2D eigenvalue weighted by atomic mass is 9.89. The van der Waals surface area contributed by atoms with Crippen LogP contribution in [-0.4, -0.2) is 21.5 Å². The molecule has 33 heavy (non-hydrogen) atoms. The zero-order valence-electron chi connectivity index (χ0n) is 18.4. The molecule has 3 aromatic carbocycles. The number of hydrogen-bond donors (Lipinski definition) is 0. The first-order valence-corrected chi connectivity index (χ1v) is 11.0. The van der Waals surface area contributed by atoms with E-state index in [0.717, 1.165) is 11.1 Å². The molecule has 0 aliphatic heterocycles. The topological polar surface area (TPSA) is 59.9 Å². The highest BCUT2D eigenvalue weighted by atomic mass is 16.1. The van der Waals surface area contributed by atoms with E-state index >= 15 is 0 Å². The smallest absolute Gasteiger partial charge is 0.214 e. The Morgan fingerprint density at radius 2 is 1.21 bits per heavy atom. The number of nitrogens with zero attached hydrogens (tertiary/aromatic N) is 2. The molecule has 0 N–H and O–H groups in total. The van der Waals surface area contributed by atoms with Crippen LogP contribution in [0.15, 0.2) is 78.9 Å². The van der Waals surface area contributed by atoms with Gasteiger partial charge in [-0.25, -0.2) is 9.97 Å². The van der Waals surface area contributed by atoms with E-state index in [4.69, 9.17) is 0 Å². The van der Waals surface area contributed by atoms with Crippen molar-refractivity contribution < 1.29 is 9.59 Å². The summed E-state index contributed by atoms with van der Waals surface area (Å²) < 4.78 is 0. The molecule has 0 saturated carbocycles. The van der Waals surface area contributed by atoms with Crippen molar-refractivity contribution in [3.8, 4) is 11.3 Å². The third-order valence-corrected chi connectivity index (χ3v) is 5.85. The SMILES string of the molecule is CC(C)c1ccc(/C=C/c2nc3c(nc2-c2ccccc2)C(=O)c2ccccc2C3=O)cc1. The minimum atomic E-state index is -0.275. The zero-order chi connectivity index (χ0) is 22.9. The maximum absolute atomic E-state index is 13.2. The molecule has 1 aliphatic rings. The first-order chi connectivity index (χ1) is 16.0. The van der Waals surface area contributed by atoms with Gasteiger partial charge in [0, 0.05) is 16.7 Å². The first kappa shape index (κ1) is 20.7. The molecule has 0 bridgehead atoms. The molecule has 0 spiro atoms. The lowest BCUT2D eigenvalue weighted by Gasteiger charge is -2.18. The molecule has 1 aliphatic carbocycles. The molecule has 1 aromatic heterocycles. The summed E-state index contributed by atoms with van der Waals surface area (Å²) in [6.07, 6.45) is 3.81. The van der Waals surface area contributed by atoms with E-state index in [1.165, 1.54) is 5.56 Å². The first-order valence-electron chi connectivity index (χ1n) is 11.0. The molecule has 160 valence electrons. The average Bonchev–Trinajstić information content (AvgIpc) is 2.86. The van der Waals surface area contributed by atoms with Crippen LogP contribution >= 0.6 is 0 Å². The van der Waals surface area contributed by atoms with E-state index in [1.54, 1.807) is 24.3 Å². The number of ketones is 2. The fourth-order valence-corrected chi connectivity index (χ4v) is 3.99. The second-order valence-corrected chi connectivity index (χ2v) is 8.38. The monoisotopic (exact) mass is 430 g/mol. The van der Waals surface area contributed by atoms with Gasteiger partial charge in [0.2, 0.25) is 11.6 Å². The number of carbonyl (C=O) groups excluding carboxylic acids is 2. The van der Waals surface area contributed by atoms with E-state index in [9.17, 15) is 9.59 Å². The molecular weight excluding hydrogens is 408 g/mol. The molecule has 4 heteroatoms. The Morgan fingerprint density at radius 1 is 0.636 bits per heavy atom. The average molecular weight is 431 g/mol. The van der Waals surface area contributed by atoms with Crippen molar-refractivity contribution in [1.82, 2.24) is 9.97 Å². The van der Waals surface area contributed by atoms with E-state index < -0.39 is 0 Å². The van der Waals surface area contributed by atoms with Gasteiger partial charge in [0.05, 0.1) is 11.4 Å². The van der Waals surface area contributed by atoms with Crippen LogP contribution in [0.2, 0.25) is 0 Å². The van der Waals surface area contributed by atoms with Gasteiger partial charge >= 0.3 is 0 Å². The summed E-state index contributed by atoms with van der Waals surface area (Å²) in [5, 5.41) is 0. The van der Waals surface area contributed by atoms with Crippen molar-refractivity contribution in [3.63, 3.8) is 0 Å². The Labute approximate surface area is 192 Å². The Bertz CT molecular complexity index is 1400. The predicted octanol–water partition coefficient (Wildman–Crippen LogP) is 6.21. The van der Waals surface area contributed by atoms with Crippen molar-refractivity contribution >= 4 is 23.7 Å². The second-order valence-electron chi connectivity index (χ2n) is 8.38. The molecule has 0 saturated heterocycles. The molecule has 0 atom stereocenters. The van der Waals surface area contributed by atoms with Crippen molar-refractivity contribution in [2.75, 3.05) is 0 Å². The summed E-state index contributed by atoms with van der Waals surface area (Å²) in [5.41, 5.74) is 5.20. The van der Waals surface area contributed by atoms with E-state index in [1.807, 2.05) is 42.5 Å². The minimum Gasteiger partial charge on any atom is -0.287 e. The van der Waals surface area contributed by atoms with Crippen LogP contribution in [0.25, 0.3) is 23.4 Å². The van der Waals surface area contributed by atoms with Gasteiger partial charge in [0.1, 0.15) is 11.4 Å². The van der Waals surface area contributed by atoms with E-state index in [0.29, 0.717) is 28.4 Å². The molecule has 1 heterocycles. The normalized spacial score (nSPS) is 12.8. The molecule has 0 unspecified atom stereocenters. The summed E-state index contributed by atoms with van der Waals surface area (Å²) in [7, 11) is 0. The third kappa shape index (κ3) is 3.80. The molecule has 5 rings (SSSR count). The molecule has 4 nitrogen and oxygen atoms in total. The molecular formula is C29H22N2O2. The van der Waals surface area contributed by atoms with Crippen molar-refractivity contribution in [3.05, 3.63) is 118 Å². The number of aromatic nitrogens is 2. The predicted molar refractivity (Wildman–Crippen MR) is 130 cm³/mol. The number of carbonyl (C=O) groups is 2. The number of benzene rings is 3. The van der Waals surface area contributed by atoms with Gasteiger partial charge in [-0.2, -0.15) is 0 Å². The molecule has 0 amide bonds. The van der Waals surface area contributed by atoms with Crippen LogP contribution < -0.4 is 0 Å². The third-order valence-electron chi connectivity index (χ3n) is 5.85. The van der Waals surface area contributed by atoms with Gasteiger partial charge < -0.3 is 0 Å². The fraction of sp³-hybridized carbons (Fsp3) is 0.103. The van der Waals surface area contributed by atoms with E-state index in [2.05, 4.69) is 48.1 Å². The van der Waals surface area contributed by atoms with Crippen molar-refractivity contribution in [2.24, 2.45) is 0 Å². The summed E-state index contributed by atoms with van der Waals surface area (Å²) in [6, 6.07) is 24.8. The van der Waals surface area contributed by atoms with Crippen LogP contribution in [0.5, 0.6) is 0 Å². The van der Waals surface area contributed by atoms with Crippen molar-refractivity contribution in [1.29, 1.82) is 0 Å². The highest BCUT2D eigenvalue weighted by molar-refractivity contribution is 6.27. The van der Waals surface area contributed by atoms with Gasteiger partial charge in [-0.3, -0.25) is 9.59 Å². The quantitative estimate of drug-likeness (QED) is 0.340. The Kier molecular flexibility index (Phi) is 5.27. The summed E-state index contributed by atoms with van der Waals surface area (Å²) in [5.74, 6) is -0.0846. The largest absolute Gasteiger partial charge is 0.287 e. The van der Waals surface area contributed by atoms with Gasteiger partial charge in [-0.15, -0.1) is 0 Å². The Hall–Kier alpha value is -4.18. The second kappa shape index (κ2) is 8.40. The number of hydrogen-bond acceptors (Lipinski definition) is 4. The number of rotatable bonds is 4. The molecule has 0 radical (unpaired) electrons. The molecule has 4 aromatic rings. The maximum Gasteiger partial charge on any atom is 0.214 e. The van der Waals surface area contributed by atoms with Crippen LogP contribution in [0.1, 0.15) is 68.7 Å². The van der Waals surface area contributed by atoms with E-state index in [-0.39, 0.29) is 23.0 Å². The highest BCUT2D eigenvalue weighted by Crippen LogP contribution is 2.30. The van der Waals surface area contributed by atoms with Gasteiger partial charge in [-0.05, 0) is 23.1 Å². The summed E-state index contributed by atoms with van der Waals surface area (Å²) in [4.78, 5) is 35.6. The van der Waals surface area contributed by atoms with Crippen molar-refractivity contribution in [2.45, 2.75) is 19.8 Å². The Balaban J connectivity index is 1.64. The molecule has 0 fully saturated rings. The maximum atomic E-state index is 13.2. The minimum absolute atomic E-state index is 0.105. The summed E-state index contributed by atoms with van der Waals surface area (Å²) >= 11 is 0. The lowest BCUT2D eigenvalue weighted by molar-refractivity contribution is 0.0971. The van der Waals surface area contributed by atoms with Gasteiger partial charge in [-0.1, -0.05) is 98.8 Å². The van der Waals surface area contributed by atoms with Crippen LogP contribution in [0.4, 0.5) is 0 Å². The van der Waals surface area contributed by atoms with Crippen LogP contribution in [-0.2, 0) is 0 Å². The lowest BCUT2D eigenvalue weighted by Crippen LogP contribution is -2.24. The summed E-state index contributed by atoms with van der Waals surface area (Å²) in [6.45, 7) is 4.33. The standard InChI is InChI=1S/C29H22N2O2/c1-18(2)20-15-12-19(13-16-20)14-17-24-25(21-8-4-3-5-9-21)31-27-26(30-24)28(32)22-10-6-7-11-23(22)29(27)33/h3-18H,1-2H3/b17-14+. The van der Waals surface area contributed by atoms with Gasteiger partial charge in [0.15, 0.2) is 0 Å². The Morgan fingerprint density at radius 3 is 1.82 bits per heavy atom.